The molecule has 0 spiro atoms. The Hall–Kier alpha value is -10.3. The number of aromatic nitrogens is 8. The lowest BCUT2D eigenvalue weighted by Gasteiger charge is -2.15. The molecule has 0 N–H and O–H groups in total. The van der Waals surface area contributed by atoms with Gasteiger partial charge in [-0.15, -0.1) is 0 Å². The van der Waals surface area contributed by atoms with Crippen LogP contribution in [0.2, 0.25) is 0 Å². The van der Waals surface area contributed by atoms with Gasteiger partial charge in [-0.05, 0) is 82.2 Å². The van der Waals surface area contributed by atoms with E-state index >= 15 is 0 Å². The van der Waals surface area contributed by atoms with Crippen LogP contribution in [0.3, 0.4) is 0 Å². The van der Waals surface area contributed by atoms with E-state index in [0.717, 1.165) is 126 Å². The molecule has 0 saturated carbocycles. The van der Waals surface area contributed by atoms with Gasteiger partial charge in [0.1, 0.15) is 0 Å². The Balaban J connectivity index is 0.982. The minimum absolute atomic E-state index is 0.592. The Bertz CT molecular complexity index is 4830. The number of hydrogen-bond donors (Lipinski definition) is 0. The zero-order chi connectivity index (χ0) is 49.1. The summed E-state index contributed by atoms with van der Waals surface area (Å²) in [7, 11) is 0. The molecule has 0 radical (unpaired) electrons. The molecular weight excluding hydrogens is 917 g/mol. The highest BCUT2D eigenvalue weighted by molar-refractivity contribution is 6.22. The van der Waals surface area contributed by atoms with Crippen molar-refractivity contribution in [3.8, 4) is 51.2 Å². The molecule has 6 aromatic heterocycles. The second-order valence-corrected chi connectivity index (χ2v) is 19.3. The number of para-hydroxylation sites is 2. The predicted octanol–water partition coefficient (Wildman–Crippen LogP) is 16.4. The largest absolute Gasteiger partial charge is 0.309 e. The molecule has 0 fully saturated rings. The number of rotatable bonds is 6. The molecule has 0 amide bonds. The summed E-state index contributed by atoms with van der Waals surface area (Å²) in [6, 6.07) is 77.9. The van der Waals surface area contributed by atoms with Gasteiger partial charge in [0.15, 0.2) is 17.5 Å². The standard InChI is InChI=1S/C67H40N8/c1-3-20-46-41(14-1)16-12-26-52(46)66-70-65(71-67(72-66)53-27-13-17-42-15-2-4-21-47(42)53)43-18-11-19-44(36-43)74-60-31-30-45(73-58-28-9-7-23-49(58)56-39-68-34-32-61(56)73)37-54(60)55-38-63(48-22-5-6-25-51(48)64(55)74)75-59-29-10-8-24-50(59)57-40-69-35-33-62(57)75/h1-40H. The SMILES string of the molecule is c1cc(-c2nc(-c3cccc4ccccc34)nc(-c3cccc4ccccc34)n2)cc(-n2c3ccc(-n4c5ccccc5c5cnccc54)cc3c3cc(-n4c5ccccc5c5cnccc54)c4ccccc4c32)c1. The average molecular weight is 957 g/mol. The topological polar surface area (TPSA) is 79.2 Å². The van der Waals surface area contributed by atoms with E-state index in [1.54, 1.807) is 0 Å². The Kier molecular flexibility index (Phi) is 8.87. The zero-order valence-corrected chi connectivity index (χ0v) is 40.2. The van der Waals surface area contributed by atoms with Crippen molar-refractivity contribution < 1.29 is 0 Å². The van der Waals surface area contributed by atoms with E-state index in [0.29, 0.717) is 17.5 Å². The molecule has 8 heteroatoms. The van der Waals surface area contributed by atoms with E-state index in [2.05, 4.69) is 242 Å². The van der Waals surface area contributed by atoms with Crippen LogP contribution < -0.4 is 0 Å². The molecule has 6 heterocycles. The van der Waals surface area contributed by atoms with Crippen LogP contribution in [0.1, 0.15) is 0 Å². The Labute approximate surface area is 428 Å². The lowest BCUT2D eigenvalue weighted by molar-refractivity contribution is 1.08. The van der Waals surface area contributed by atoms with Crippen LogP contribution in [0.15, 0.2) is 243 Å². The van der Waals surface area contributed by atoms with Crippen molar-refractivity contribution in [3.63, 3.8) is 0 Å². The number of nitrogens with zero attached hydrogens (tertiary/aromatic N) is 8. The number of benzene rings is 10. The van der Waals surface area contributed by atoms with Crippen LogP contribution >= 0.6 is 0 Å². The van der Waals surface area contributed by atoms with E-state index in [1.165, 1.54) is 5.39 Å². The molecule has 0 aliphatic heterocycles. The van der Waals surface area contributed by atoms with E-state index in [9.17, 15) is 0 Å². The summed E-state index contributed by atoms with van der Waals surface area (Å²) in [6.07, 6.45) is 7.75. The van der Waals surface area contributed by atoms with E-state index < -0.39 is 0 Å². The summed E-state index contributed by atoms with van der Waals surface area (Å²) >= 11 is 0. The molecule has 10 aromatic carbocycles. The molecule has 16 aromatic rings. The van der Waals surface area contributed by atoms with Gasteiger partial charge < -0.3 is 13.7 Å². The normalized spacial score (nSPS) is 12.0. The molecule has 0 atom stereocenters. The lowest BCUT2D eigenvalue weighted by atomic mass is 10.0. The second-order valence-electron chi connectivity index (χ2n) is 19.3. The molecule has 0 aliphatic carbocycles. The highest BCUT2D eigenvalue weighted by Gasteiger charge is 2.23. The van der Waals surface area contributed by atoms with E-state index in [1.807, 2.05) is 24.8 Å². The molecule has 348 valence electrons. The van der Waals surface area contributed by atoms with Crippen LogP contribution in [0.25, 0.3) is 149 Å². The van der Waals surface area contributed by atoms with Crippen molar-refractivity contribution >= 4 is 97.7 Å². The second kappa shape index (κ2) is 16.1. The first-order valence-electron chi connectivity index (χ1n) is 25.2. The van der Waals surface area contributed by atoms with Crippen LogP contribution in [0.4, 0.5) is 0 Å². The zero-order valence-electron chi connectivity index (χ0n) is 40.2. The summed E-state index contributed by atoms with van der Waals surface area (Å²) in [5.74, 6) is 1.83. The Morgan fingerprint density at radius 1 is 0.280 bits per heavy atom. The predicted molar refractivity (Wildman–Crippen MR) is 307 cm³/mol. The van der Waals surface area contributed by atoms with Crippen LogP contribution in [0, 0.1) is 0 Å². The van der Waals surface area contributed by atoms with Gasteiger partial charge in [0, 0.05) is 95.9 Å². The average Bonchev–Trinajstić information content (AvgIpc) is 4.20. The first-order chi connectivity index (χ1) is 37.2. The summed E-state index contributed by atoms with van der Waals surface area (Å²) in [5, 5.41) is 13.5. The highest BCUT2D eigenvalue weighted by atomic mass is 15.0. The van der Waals surface area contributed by atoms with Crippen molar-refractivity contribution in [2.45, 2.75) is 0 Å². The smallest absolute Gasteiger partial charge is 0.164 e. The van der Waals surface area contributed by atoms with Crippen LogP contribution in [-0.2, 0) is 0 Å². The van der Waals surface area contributed by atoms with Gasteiger partial charge in [0.05, 0.1) is 38.8 Å². The third-order valence-corrected chi connectivity index (χ3v) is 15.2. The third-order valence-electron chi connectivity index (χ3n) is 15.2. The van der Waals surface area contributed by atoms with Crippen molar-refractivity contribution in [1.82, 2.24) is 38.6 Å². The van der Waals surface area contributed by atoms with Gasteiger partial charge in [-0.2, -0.15) is 0 Å². The maximum Gasteiger partial charge on any atom is 0.164 e. The first kappa shape index (κ1) is 41.3. The molecular formula is C67H40N8. The summed E-state index contributed by atoms with van der Waals surface area (Å²) < 4.78 is 7.23. The van der Waals surface area contributed by atoms with E-state index in [-0.39, 0.29) is 0 Å². The minimum atomic E-state index is 0.592. The van der Waals surface area contributed by atoms with Gasteiger partial charge in [0.25, 0.3) is 0 Å². The molecule has 8 nitrogen and oxygen atoms in total. The lowest BCUT2D eigenvalue weighted by Crippen LogP contribution is -2.02. The quantitative estimate of drug-likeness (QED) is 0.166. The fourth-order valence-corrected chi connectivity index (χ4v) is 12.0. The van der Waals surface area contributed by atoms with E-state index in [4.69, 9.17) is 15.0 Å². The Morgan fingerprint density at radius 3 is 1.44 bits per heavy atom. The van der Waals surface area contributed by atoms with Crippen molar-refractivity contribution in [1.29, 1.82) is 0 Å². The fraction of sp³-hybridized carbons (Fsp3) is 0. The number of fused-ring (bicyclic) bond motifs is 13. The fourth-order valence-electron chi connectivity index (χ4n) is 12.0. The van der Waals surface area contributed by atoms with Crippen LogP contribution in [-0.4, -0.2) is 38.6 Å². The third kappa shape index (κ3) is 6.20. The van der Waals surface area contributed by atoms with Gasteiger partial charge in [0.2, 0.25) is 0 Å². The van der Waals surface area contributed by atoms with Gasteiger partial charge >= 0.3 is 0 Å². The first-order valence-corrected chi connectivity index (χ1v) is 25.2. The summed E-state index contributed by atoms with van der Waals surface area (Å²) in [6.45, 7) is 0. The number of hydrogen-bond acceptors (Lipinski definition) is 5. The molecule has 75 heavy (non-hydrogen) atoms. The molecule has 16 rings (SSSR count). The monoisotopic (exact) mass is 956 g/mol. The maximum atomic E-state index is 5.36. The maximum absolute atomic E-state index is 5.36. The Morgan fingerprint density at radius 2 is 0.773 bits per heavy atom. The van der Waals surface area contributed by atoms with Crippen molar-refractivity contribution in [2.24, 2.45) is 0 Å². The van der Waals surface area contributed by atoms with Gasteiger partial charge in [-0.1, -0.05) is 158 Å². The molecule has 0 bridgehead atoms. The molecule has 0 saturated heterocycles. The number of pyridine rings is 2. The molecule has 0 aliphatic rings. The summed E-state index contributed by atoms with van der Waals surface area (Å²) in [5.41, 5.74) is 12.6. The summed E-state index contributed by atoms with van der Waals surface area (Å²) in [4.78, 5) is 25.2. The molecule has 0 unspecified atom stereocenters. The minimum Gasteiger partial charge on any atom is -0.309 e. The van der Waals surface area contributed by atoms with Crippen LogP contribution in [0.5, 0.6) is 0 Å². The van der Waals surface area contributed by atoms with Crippen molar-refractivity contribution in [3.05, 3.63) is 243 Å². The van der Waals surface area contributed by atoms with Gasteiger partial charge in [-0.3, -0.25) is 9.97 Å². The highest BCUT2D eigenvalue weighted by Crippen LogP contribution is 2.44. The van der Waals surface area contributed by atoms with Crippen molar-refractivity contribution in [2.75, 3.05) is 0 Å². The van der Waals surface area contributed by atoms with Gasteiger partial charge in [-0.25, -0.2) is 15.0 Å².